The molecule has 0 aromatic heterocycles. The number of ether oxygens (including phenoxy) is 1. The fraction of sp³-hybridized carbons (Fsp3) is 0.235. The first kappa shape index (κ1) is 16.5. The first-order valence-corrected chi connectivity index (χ1v) is 7.30. The summed E-state index contributed by atoms with van der Waals surface area (Å²) in [5, 5.41) is 14.4. The van der Waals surface area contributed by atoms with Crippen molar-refractivity contribution in [2.24, 2.45) is 0 Å². The fourth-order valence-electron chi connectivity index (χ4n) is 2.20. The van der Waals surface area contributed by atoms with Crippen LogP contribution >= 0.6 is 0 Å². The zero-order chi connectivity index (χ0) is 16.8. The Morgan fingerprint density at radius 3 is 2.57 bits per heavy atom. The summed E-state index contributed by atoms with van der Waals surface area (Å²) >= 11 is 0. The van der Waals surface area contributed by atoms with Gasteiger partial charge in [-0.1, -0.05) is 30.3 Å². The summed E-state index contributed by atoms with van der Waals surface area (Å²) in [4.78, 5) is 22.5. The van der Waals surface area contributed by atoms with Crippen molar-refractivity contribution in [3.8, 4) is 0 Å². The number of nitrogens with zero attached hydrogens (tertiary/aromatic N) is 1. The van der Waals surface area contributed by atoms with E-state index in [1.54, 1.807) is 6.92 Å². The third-order valence-electron chi connectivity index (χ3n) is 3.38. The van der Waals surface area contributed by atoms with Crippen LogP contribution in [0, 0.1) is 10.1 Å². The van der Waals surface area contributed by atoms with Gasteiger partial charge in [0, 0.05) is 12.1 Å². The molecule has 0 radical (unpaired) electrons. The number of esters is 1. The number of nitrogens with one attached hydrogen (secondary N) is 1. The second-order valence-electron chi connectivity index (χ2n) is 4.99. The quantitative estimate of drug-likeness (QED) is 0.496. The van der Waals surface area contributed by atoms with Gasteiger partial charge >= 0.3 is 5.97 Å². The van der Waals surface area contributed by atoms with Crippen LogP contribution in [0.25, 0.3) is 0 Å². The molecule has 1 N–H and O–H groups in total. The highest BCUT2D eigenvalue weighted by Gasteiger charge is 2.19. The standard InChI is InChI=1S/C17H18N2O4/c1-3-23-17(20)14-9-10-15(16(11-14)19(21)22)18-12(2)13-7-5-4-6-8-13/h4-12,18H,3H2,1-2H3/t12-/m0/s1. The molecule has 0 saturated carbocycles. The predicted molar refractivity (Wildman–Crippen MR) is 87.5 cm³/mol. The van der Waals surface area contributed by atoms with Crippen molar-refractivity contribution in [2.45, 2.75) is 19.9 Å². The number of rotatable bonds is 6. The van der Waals surface area contributed by atoms with Gasteiger partial charge in [-0.25, -0.2) is 4.79 Å². The lowest BCUT2D eigenvalue weighted by Gasteiger charge is -2.16. The molecule has 0 aliphatic rings. The molecule has 0 heterocycles. The van der Waals surface area contributed by atoms with Crippen LogP contribution in [0.5, 0.6) is 0 Å². The van der Waals surface area contributed by atoms with Gasteiger partial charge in [0.1, 0.15) is 5.69 Å². The average Bonchev–Trinajstić information content (AvgIpc) is 2.56. The van der Waals surface area contributed by atoms with Crippen molar-refractivity contribution in [1.29, 1.82) is 0 Å². The van der Waals surface area contributed by atoms with E-state index in [0.29, 0.717) is 5.69 Å². The molecule has 0 unspecified atom stereocenters. The Balaban J connectivity index is 2.28. The SMILES string of the molecule is CCOC(=O)c1ccc(N[C@@H](C)c2ccccc2)c([N+](=O)[O-])c1. The Hall–Kier alpha value is -2.89. The van der Waals surface area contributed by atoms with E-state index in [-0.39, 0.29) is 23.9 Å². The van der Waals surface area contributed by atoms with Gasteiger partial charge in [0.05, 0.1) is 17.1 Å². The normalized spacial score (nSPS) is 11.6. The van der Waals surface area contributed by atoms with E-state index in [1.165, 1.54) is 18.2 Å². The highest BCUT2D eigenvalue weighted by molar-refractivity contribution is 5.91. The van der Waals surface area contributed by atoms with E-state index < -0.39 is 10.9 Å². The van der Waals surface area contributed by atoms with E-state index in [2.05, 4.69) is 5.32 Å². The minimum Gasteiger partial charge on any atom is -0.462 e. The van der Waals surface area contributed by atoms with Crippen LogP contribution < -0.4 is 5.32 Å². The molecule has 2 aromatic rings. The summed E-state index contributed by atoms with van der Waals surface area (Å²) in [5.74, 6) is -0.571. The number of anilines is 1. The Labute approximate surface area is 134 Å². The number of hydrogen-bond acceptors (Lipinski definition) is 5. The molecule has 0 spiro atoms. The smallest absolute Gasteiger partial charge is 0.338 e. The second-order valence-corrected chi connectivity index (χ2v) is 4.99. The molecular weight excluding hydrogens is 296 g/mol. The van der Waals surface area contributed by atoms with Crippen LogP contribution in [0.4, 0.5) is 11.4 Å². The van der Waals surface area contributed by atoms with Crippen LogP contribution in [-0.2, 0) is 4.74 Å². The number of nitro groups is 1. The maximum atomic E-state index is 11.7. The Bertz CT molecular complexity index is 701. The van der Waals surface area contributed by atoms with Crippen LogP contribution in [-0.4, -0.2) is 17.5 Å². The zero-order valence-corrected chi connectivity index (χ0v) is 13.0. The van der Waals surface area contributed by atoms with Crippen LogP contribution in [0.2, 0.25) is 0 Å². The van der Waals surface area contributed by atoms with Crippen LogP contribution in [0.15, 0.2) is 48.5 Å². The summed E-state index contributed by atoms with van der Waals surface area (Å²) < 4.78 is 4.87. The molecule has 0 aliphatic carbocycles. The number of benzene rings is 2. The van der Waals surface area contributed by atoms with E-state index >= 15 is 0 Å². The number of hydrogen-bond donors (Lipinski definition) is 1. The molecule has 0 amide bonds. The molecule has 120 valence electrons. The number of carbonyl (C=O) groups is 1. The average molecular weight is 314 g/mol. The summed E-state index contributed by atoms with van der Waals surface area (Å²) in [6.07, 6.45) is 0. The van der Waals surface area contributed by atoms with Gasteiger partial charge < -0.3 is 10.1 Å². The second kappa shape index (κ2) is 7.40. The highest BCUT2D eigenvalue weighted by atomic mass is 16.6. The lowest BCUT2D eigenvalue weighted by Crippen LogP contribution is -2.10. The van der Waals surface area contributed by atoms with Crippen molar-refractivity contribution in [3.63, 3.8) is 0 Å². The molecule has 2 rings (SSSR count). The van der Waals surface area contributed by atoms with Crippen LogP contribution in [0.1, 0.15) is 35.8 Å². The molecule has 0 fully saturated rings. The Morgan fingerprint density at radius 1 is 1.26 bits per heavy atom. The van der Waals surface area contributed by atoms with Crippen molar-refractivity contribution >= 4 is 17.3 Å². The molecule has 0 aliphatic heterocycles. The number of carbonyl (C=O) groups excluding carboxylic acids is 1. The molecule has 1 atom stereocenters. The van der Waals surface area contributed by atoms with Crippen molar-refractivity contribution < 1.29 is 14.5 Å². The molecular formula is C17H18N2O4. The first-order chi connectivity index (χ1) is 11.0. The van der Waals surface area contributed by atoms with Gasteiger partial charge in [-0.15, -0.1) is 0 Å². The minimum atomic E-state index is -0.571. The highest BCUT2D eigenvalue weighted by Crippen LogP contribution is 2.29. The van der Waals surface area contributed by atoms with E-state index in [9.17, 15) is 14.9 Å². The van der Waals surface area contributed by atoms with Crippen LogP contribution in [0.3, 0.4) is 0 Å². The summed E-state index contributed by atoms with van der Waals surface area (Å²) in [6, 6.07) is 13.8. The zero-order valence-electron chi connectivity index (χ0n) is 13.0. The summed E-state index contributed by atoms with van der Waals surface area (Å²) in [6.45, 7) is 3.82. The van der Waals surface area contributed by atoms with Gasteiger partial charge in [0.15, 0.2) is 0 Å². The topological polar surface area (TPSA) is 81.5 Å². The Morgan fingerprint density at radius 2 is 1.96 bits per heavy atom. The van der Waals surface area contributed by atoms with Gasteiger partial charge in [-0.05, 0) is 31.5 Å². The maximum absolute atomic E-state index is 11.7. The molecule has 0 bridgehead atoms. The number of nitro benzene ring substituents is 1. The first-order valence-electron chi connectivity index (χ1n) is 7.30. The monoisotopic (exact) mass is 314 g/mol. The third kappa shape index (κ3) is 4.06. The van der Waals surface area contributed by atoms with E-state index in [0.717, 1.165) is 5.56 Å². The fourth-order valence-corrected chi connectivity index (χ4v) is 2.20. The molecule has 0 saturated heterocycles. The third-order valence-corrected chi connectivity index (χ3v) is 3.38. The molecule has 2 aromatic carbocycles. The van der Waals surface area contributed by atoms with Crippen molar-refractivity contribution in [1.82, 2.24) is 0 Å². The summed E-state index contributed by atoms with van der Waals surface area (Å²) in [7, 11) is 0. The predicted octanol–water partition coefficient (Wildman–Crippen LogP) is 3.94. The van der Waals surface area contributed by atoms with Crippen molar-refractivity contribution in [3.05, 3.63) is 69.8 Å². The molecule has 6 heteroatoms. The van der Waals surface area contributed by atoms with Gasteiger partial charge in [-0.3, -0.25) is 10.1 Å². The Kier molecular flexibility index (Phi) is 5.30. The van der Waals surface area contributed by atoms with Gasteiger partial charge in [-0.2, -0.15) is 0 Å². The molecule has 6 nitrogen and oxygen atoms in total. The van der Waals surface area contributed by atoms with E-state index in [1.807, 2.05) is 37.3 Å². The summed E-state index contributed by atoms with van der Waals surface area (Å²) in [5.41, 5.74) is 1.38. The van der Waals surface area contributed by atoms with Gasteiger partial charge in [0.25, 0.3) is 5.69 Å². The lowest BCUT2D eigenvalue weighted by atomic mass is 10.1. The lowest BCUT2D eigenvalue weighted by molar-refractivity contribution is -0.384. The van der Waals surface area contributed by atoms with Crippen molar-refractivity contribution in [2.75, 3.05) is 11.9 Å². The molecule has 23 heavy (non-hydrogen) atoms. The van der Waals surface area contributed by atoms with Gasteiger partial charge in [0.2, 0.25) is 0 Å². The van der Waals surface area contributed by atoms with E-state index in [4.69, 9.17) is 4.74 Å². The minimum absolute atomic E-state index is 0.108. The maximum Gasteiger partial charge on any atom is 0.338 e. The largest absolute Gasteiger partial charge is 0.462 e.